The normalized spacial score (nSPS) is 22.0. The van der Waals surface area contributed by atoms with Crippen LogP contribution in [0.3, 0.4) is 0 Å². The number of carbonyl (C=O) groups is 2. The van der Waals surface area contributed by atoms with E-state index in [1.165, 1.54) is 16.1 Å². The first-order valence-electron chi connectivity index (χ1n) is 13.3. The highest BCUT2D eigenvalue weighted by molar-refractivity contribution is 7.88. The van der Waals surface area contributed by atoms with Crippen molar-refractivity contribution in [2.24, 2.45) is 0 Å². The van der Waals surface area contributed by atoms with E-state index < -0.39 is 16.1 Å². The summed E-state index contributed by atoms with van der Waals surface area (Å²) in [5.74, 6) is -0.264. The topological polar surface area (TPSA) is 90.0 Å². The van der Waals surface area contributed by atoms with Gasteiger partial charge in [-0.05, 0) is 61.4 Å². The van der Waals surface area contributed by atoms with Crippen molar-refractivity contribution >= 4 is 33.4 Å². The molecule has 3 aliphatic rings. The molecule has 0 bridgehead atoms. The lowest BCUT2D eigenvalue weighted by Crippen LogP contribution is -2.52. The van der Waals surface area contributed by atoms with E-state index in [0.29, 0.717) is 31.5 Å². The number of nitrogens with zero attached hydrogens (tertiary/aromatic N) is 3. The summed E-state index contributed by atoms with van der Waals surface area (Å²) in [5, 5.41) is 3.91. The van der Waals surface area contributed by atoms with Gasteiger partial charge in [0.2, 0.25) is 15.9 Å². The van der Waals surface area contributed by atoms with E-state index >= 15 is 0 Å². The first-order valence-corrected chi connectivity index (χ1v) is 15.5. The Morgan fingerprint density at radius 1 is 1.03 bits per heavy atom. The van der Waals surface area contributed by atoms with Gasteiger partial charge in [0.15, 0.2) is 0 Å². The molecule has 3 aliphatic heterocycles. The van der Waals surface area contributed by atoms with E-state index in [0.717, 1.165) is 48.6 Å². The van der Waals surface area contributed by atoms with Crippen LogP contribution in [0.4, 0.5) is 0 Å². The van der Waals surface area contributed by atoms with Gasteiger partial charge in [-0.3, -0.25) is 14.5 Å². The maximum atomic E-state index is 13.7. The summed E-state index contributed by atoms with van der Waals surface area (Å²) in [5.41, 5.74) is 3.63. The lowest BCUT2D eigenvalue weighted by Gasteiger charge is -2.39. The molecular weight excluding hydrogens is 524 g/mol. The lowest BCUT2D eigenvalue weighted by molar-refractivity contribution is -0.127. The number of hydrogen-bond donors (Lipinski definition) is 1. The smallest absolute Gasteiger partial charge is 0.255 e. The highest BCUT2D eigenvalue weighted by Crippen LogP contribution is 2.38. The van der Waals surface area contributed by atoms with Gasteiger partial charge in [-0.1, -0.05) is 41.9 Å². The van der Waals surface area contributed by atoms with E-state index in [1.807, 2.05) is 31.2 Å². The van der Waals surface area contributed by atoms with E-state index in [4.69, 9.17) is 11.6 Å². The molecule has 0 aliphatic carbocycles. The number of carbonyl (C=O) groups excluding carboxylic acids is 2. The highest BCUT2D eigenvalue weighted by Gasteiger charge is 2.45. The molecule has 2 aromatic rings. The standard InChI is InChI=1S/C28H35ClN4O4S/c1-19-17-20(7-8-25(19)29)18-31-13-11-22(12-14-31)33-26(23-5-3-4-6-24(23)28(33)35)27(34)30-21-9-15-32(16-10-21)38(2,36)37/h3-8,17,21-22,26H,9-16,18H2,1-2H3,(H,30,34). The fourth-order valence-electron chi connectivity index (χ4n) is 6.01. The van der Waals surface area contributed by atoms with Crippen molar-refractivity contribution in [3.05, 3.63) is 69.7 Å². The van der Waals surface area contributed by atoms with Gasteiger partial charge in [0.05, 0.1) is 6.26 Å². The van der Waals surface area contributed by atoms with E-state index in [1.54, 1.807) is 11.0 Å². The third-order valence-corrected chi connectivity index (χ3v) is 9.82. The molecule has 204 valence electrons. The molecule has 1 atom stereocenters. The molecule has 3 heterocycles. The Balaban J connectivity index is 1.26. The first-order chi connectivity index (χ1) is 18.1. The molecule has 2 aromatic carbocycles. The van der Waals surface area contributed by atoms with Crippen molar-refractivity contribution in [2.45, 2.75) is 57.3 Å². The maximum absolute atomic E-state index is 13.7. The Hall–Kier alpha value is -2.46. The molecular formula is C28H35ClN4O4S. The van der Waals surface area contributed by atoms with Gasteiger partial charge < -0.3 is 10.2 Å². The van der Waals surface area contributed by atoms with Crippen molar-refractivity contribution in [2.75, 3.05) is 32.4 Å². The highest BCUT2D eigenvalue weighted by atomic mass is 35.5. The van der Waals surface area contributed by atoms with Crippen molar-refractivity contribution in [3.8, 4) is 0 Å². The molecule has 5 rings (SSSR count). The SMILES string of the molecule is Cc1cc(CN2CCC(N3C(=O)c4ccccc4C3C(=O)NC3CCN(S(C)(=O)=O)CC3)CC2)ccc1Cl. The molecule has 1 N–H and O–H groups in total. The molecule has 1 unspecified atom stereocenters. The van der Waals surface area contributed by atoms with E-state index in [9.17, 15) is 18.0 Å². The summed E-state index contributed by atoms with van der Waals surface area (Å²) in [6, 6.07) is 12.7. The van der Waals surface area contributed by atoms with Crippen molar-refractivity contribution in [1.82, 2.24) is 19.4 Å². The number of sulfonamides is 1. The number of rotatable bonds is 6. The summed E-state index contributed by atoms with van der Waals surface area (Å²) in [6.07, 6.45) is 3.92. The Bertz CT molecular complexity index is 1320. The molecule has 38 heavy (non-hydrogen) atoms. The number of nitrogens with one attached hydrogen (secondary N) is 1. The average Bonchev–Trinajstić information content (AvgIpc) is 3.19. The van der Waals surface area contributed by atoms with Crippen LogP contribution in [-0.2, 0) is 21.4 Å². The second-order valence-corrected chi connectivity index (χ2v) is 13.1. The van der Waals surface area contributed by atoms with Crippen LogP contribution in [0.2, 0.25) is 5.02 Å². The monoisotopic (exact) mass is 558 g/mol. The molecule has 2 fully saturated rings. The molecule has 0 saturated carbocycles. The summed E-state index contributed by atoms with van der Waals surface area (Å²) in [4.78, 5) is 31.4. The predicted octanol–water partition coefficient (Wildman–Crippen LogP) is 3.35. The minimum Gasteiger partial charge on any atom is -0.351 e. The van der Waals surface area contributed by atoms with Gasteiger partial charge in [0, 0.05) is 55.4 Å². The number of fused-ring (bicyclic) bond motifs is 1. The van der Waals surface area contributed by atoms with Crippen molar-refractivity contribution in [1.29, 1.82) is 0 Å². The molecule has 10 heteroatoms. The van der Waals surface area contributed by atoms with Crippen molar-refractivity contribution in [3.63, 3.8) is 0 Å². The van der Waals surface area contributed by atoms with Gasteiger partial charge in [-0.25, -0.2) is 12.7 Å². The average molecular weight is 559 g/mol. The molecule has 0 spiro atoms. The quantitative estimate of drug-likeness (QED) is 0.587. The largest absolute Gasteiger partial charge is 0.351 e. The van der Waals surface area contributed by atoms with Crippen molar-refractivity contribution < 1.29 is 18.0 Å². The van der Waals surface area contributed by atoms with Crippen LogP contribution in [0.1, 0.15) is 58.8 Å². The zero-order valence-electron chi connectivity index (χ0n) is 21.9. The van der Waals surface area contributed by atoms with E-state index in [-0.39, 0.29) is 23.9 Å². The Labute approximate surface area is 230 Å². The maximum Gasteiger partial charge on any atom is 0.255 e. The lowest BCUT2D eigenvalue weighted by atomic mass is 9.98. The number of benzene rings is 2. The minimum atomic E-state index is -3.23. The summed E-state index contributed by atoms with van der Waals surface area (Å²) < 4.78 is 25.2. The molecule has 0 radical (unpaired) electrons. The Morgan fingerprint density at radius 3 is 2.37 bits per heavy atom. The second-order valence-electron chi connectivity index (χ2n) is 10.7. The van der Waals surface area contributed by atoms with Crippen LogP contribution in [0.15, 0.2) is 42.5 Å². The summed E-state index contributed by atoms with van der Waals surface area (Å²) in [7, 11) is -3.23. The number of piperidine rings is 2. The molecule has 2 saturated heterocycles. The van der Waals surface area contributed by atoms with Crippen LogP contribution in [-0.4, -0.2) is 78.9 Å². The summed E-state index contributed by atoms with van der Waals surface area (Å²) in [6.45, 7) is 5.29. The molecule has 8 nitrogen and oxygen atoms in total. The minimum absolute atomic E-state index is 0.0269. The number of amides is 2. The summed E-state index contributed by atoms with van der Waals surface area (Å²) >= 11 is 6.18. The van der Waals surface area contributed by atoms with Crippen LogP contribution in [0.5, 0.6) is 0 Å². The van der Waals surface area contributed by atoms with Crippen LogP contribution in [0.25, 0.3) is 0 Å². The second kappa shape index (κ2) is 11.0. The number of halogens is 1. The van der Waals surface area contributed by atoms with Crippen LogP contribution < -0.4 is 5.32 Å². The van der Waals surface area contributed by atoms with Gasteiger partial charge >= 0.3 is 0 Å². The third-order valence-electron chi connectivity index (χ3n) is 8.10. The number of aryl methyl sites for hydroxylation is 1. The Morgan fingerprint density at radius 2 is 1.71 bits per heavy atom. The van der Waals surface area contributed by atoms with Gasteiger partial charge in [-0.15, -0.1) is 0 Å². The first kappa shape index (κ1) is 27.1. The zero-order valence-corrected chi connectivity index (χ0v) is 23.5. The van der Waals surface area contributed by atoms with Crippen LogP contribution >= 0.6 is 11.6 Å². The fourth-order valence-corrected chi connectivity index (χ4v) is 7.00. The third kappa shape index (κ3) is 5.61. The number of likely N-dealkylation sites (tertiary alicyclic amines) is 1. The van der Waals surface area contributed by atoms with Gasteiger partial charge in [0.25, 0.3) is 5.91 Å². The Kier molecular flexibility index (Phi) is 7.82. The predicted molar refractivity (Wildman–Crippen MR) is 147 cm³/mol. The molecule has 0 aromatic heterocycles. The van der Waals surface area contributed by atoms with Gasteiger partial charge in [-0.2, -0.15) is 0 Å². The van der Waals surface area contributed by atoms with Gasteiger partial charge in [0.1, 0.15) is 6.04 Å². The molecule has 2 amide bonds. The zero-order chi connectivity index (χ0) is 27.0. The number of hydrogen-bond acceptors (Lipinski definition) is 5. The fraction of sp³-hybridized carbons (Fsp3) is 0.500. The van der Waals surface area contributed by atoms with E-state index in [2.05, 4.69) is 22.3 Å². The van der Waals surface area contributed by atoms with Crippen LogP contribution in [0, 0.1) is 6.92 Å².